The maximum Gasteiger partial charge on any atom is 0.203 e. The molecule has 0 aliphatic carbocycles. The second kappa shape index (κ2) is 5.31. The average Bonchev–Trinajstić information content (AvgIpc) is 2.77. The van der Waals surface area contributed by atoms with Crippen LogP contribution in [0.25, 0.3) is 5.65 Å². The average molecular weight is 254 g/mol. The second-order valence-corrected chi connectivity index (χ2v) is 4.52. The Morgan fingerprint density at radius 1 is 1.47 bits per heavy atom. The van der Waals surface area contributed by atoms with E-state index in [0.29, 0.717) is 11.9 Å². The predicted octanol–water partition coefficient (Wildman–Crippen LogP) is 1.97. The van der Waals surface area contributed by atoms with Crippen LogP contribution in [0.5, 0.6) is 0 Å². The molecule has 2 aromatic rings. The largest absolute Gasteiger partial charge is 0.351 e. The molecule has 0 bridgehead atoms. The number of nitrogens with zero attached hydrogens (tertiary/aromatic N) is 5. The van der Waals surface area contributed by atoms with E-state index < -0.39 is 0 Å². The van der Waals surface area contributed by atoms with Gasteiger partial charge in [0.15, 0.2) is 5.82 Å². The standard InChI is InChI=1S/C11H16ClN5/c1-9(2)17(6-3-4-12)10-11-15-14-8-16(11)7-5-13-10/h5,7-9H,3-4,6H2,1-2H3. The molecule has 0 aromatic carbocycles. The molecule has 0 unspecified atom stereocenters. The molecule has 17 heavy (non-hydrogen) atoms. The Labute approximate surface area is 105 Å². The zero-order valence-electron chi connectivity index (χ0n) is 10.0. The van der Waals surface area contributed by atoms with Gasteiger partial charge in [-0.2, -0.15) is 0 Å². The molecule has 0 spiro atoms. The summed E-state index contributed by atoms with van der Waals surface area (Å²) in [5, 5.41) is 8.01. The Bertz CT molecular complexity index is 481. The van der Waals surface area contributed by atoms with E-state index in [4.69, 9.17) is 11.6 Å². The van der Waals surface area contributed by atoms with E-state index in [2.05, 4.69) is 33.9 Å². The first-order chi connectivity index (χ1) is 8.24. The van der Waals surface area contributed by atoms with Gasteiger partial charge < -0.3 is 4.90 Å². The van der Waals surface area contributed by atoms with Gasteiger partial charge >= 0.3 is 0 Å². The third-order valence-electron chi connectivity index (χ3n) is 2.63. The molecule has 0 aliphatic heterocycles. The Morgan fingerprint density at radius 2 is 2.29 bits per heavy atom. The summed E-state index contributed by atoms with van der Waals surface area (Å²) < 4.78 is 1.87. The van der Waals surface area contributed by atoms with Gasteiger partial charge in [-0.05, 0) is 20.3 Å². The molecule has 0 saturated heterocycles. The van der Waals surface area contributed by atoms with Gasteiger partial charge in [-0.3, -0.25) is 4.40 Å². The molecule has 6 heteroatoms. The van der Waals surface area contributed by atoms with Crippen molar-refractivity contribution in [2.45, 2.75) is 26.3 Å². The molecule has 92 valence electrons. The number of hydrogen-bond donors (Lipinski definition) is 0. The molecule has 2 aromatic heterocycles. The van der Waals surface area contributed by atoms with Gasteiger partial charge in [-0.25, -0.2) is 4.98 Å². The molecular weight excluding hydrogens is 238 g/mol. The molecular formula is C11H16ClN5. The van der Waals surface area contributed by atoms with Crippen molar-refractivity contribution < 1.29 is 0 Å². The van der Waals surface area contributed by atoms with E-state index >= 15 is 0 Å². The second-order valence-electron chi connectivity index (χ2n) is 4.14. The van der Waals surface area contributed by atoms with E-state index in [1.807, 2.05) is 10.6 Å². The summed E-state index contributed by atoms with van der Waals surface area (Å²) in [6.45, 7) is 5.15. The number of alkyl halides is 1. The van der Waals surface area contributed by atoms with Crippen molar-refractivity contribution >= 4 is 23.1 Å². The third-order valence-corrected chi connectivity index (χ3v) is 2.89. The zero-order valence-corrected chi connectivity index (χ0v) is 10.8. The maximum atomic E-state index is 5.75. The normalized spacial score (nSPS) is 11.3. The summed E-state index contributed by atoms with van der Waals surface area (Å²) in [6, 6.07) is 0.355. The minimum Gasteiger partial charge on any atom is -0.351 e. The smallest absolute Gasteiger partial charge is 0.203 e. The van der Waals surface area contributed by atoms with Crippen LogP contribution in [-0.2, 0) is 0 Å². The van der Waals surface area contributed by atoms with Gasteiger partial charge in [-0.15, -0.1) is 21.8 Å². The molecule has 0 saturated carbocycles. The summed E-state index contributed by atoms with van der Waals surface area (Å²) in [5.41, 5.74) is 0.788. The van der Waals surface area contributed by atoms with Crippen LogP contribution in [0.2, 0.25) is 0 Å². The SMILES string of the molecule is CC(C)N(CCCCl)c1nccn2cnnc12. The van der Waals surface area contributed by atoms with Gasteiger partial charge in [0.1, 0.15) is 6.33 Å². The topological polar surface area (TPSA) is 46.3 Å². The molecule has 0 atom stereocenters. The van der Waals surface area contributed by atoms with Gasteiger partial charge in [0.25, 0.3) is 0 Å². The van der Waals surface area contributed by atoms with E-state index in [0.717, 1.165) is 24.4 Å². The highest BCUT2D eigenvalue weighted by Gasteiger charge is 2.16. The lowest BCUT2D eigenvalue weighted by molar-refractivity contribution is 0.663. The molecule has 0 aliphatic rings. The highest BCUT2D eigenvalue weighted by Crippen LogP contribution is 2.18. The first-order valence-corrected chi connectivity index (χ1v) is 6.24. The van der Waals surface area contributed by atoms with Crippen LogP contribution >= 0.6 is 11.6 Å². The molecule has 0 amide bonds. The molecule has 2 rings (SSSR count). The number of rotatable bonds is 5. The van der Waals surface area contributed by atoms with Crippen molar-refractivity contribution in [2.24, 2.45) is 0 Å². The maximum absolute atomic E-state index is 5.75. The first kappa shape index (κ1) is 12.1. The van der Waals surface area contributed by atoms with Crippen molar-refractivity contribution in [1.29, 1.82) is 0 Å². The zero-order chi connectivity index (χ0) is 12.3. The molecule has 0 N–H and O–H groups in total. The minimum atomic E-state index is 0.355. The van der Waals surface area contributed by atoms with Gasteiger partial charge in [0, 0.05) is 30.9 Å². The molecule has 0 fully saturated rings. The third kappa shape index (κ3) is 2.49. The fourth-order valence-corrected chi connectivity index (χ4v) is 1.91. The summed E-state index contributed by atoms with van der Waals surface area (Å²) in [4.78, 5) is 6.61. The van der Waals surface area contributed by atoms with E-state index in [1.165, 1.54) is 0 Å². The van der Waals surface area contributed by atoms with Crippen molar-refractivity contribution in [3.63, 3.8) is 0 Å². The fraction of sp³-hybridized carbons (Fsp3) is 0.545. The Morgan fingerprint density at radius 3 is 3.00 bits per heavy atom. The lowest BCUT2D eigenvalue weighted by Crippen LogP contribution is -2.33. The lowest BCUT2D eigenvalue weighted by atomic mass is 10.3. The monoisotopic (exact) mass is 253 g/mol. The summed E-state index contributed by atoms with van der Waals surface area (Å²) >= 11 is 5.75. The summed E-state index contributed by atoms with van der Waals surface area (Å²) in [7, 11) is 0. The van der Waals surface area contributed by atoms with E-state index in [1.54, 1.807) is 12.5 Å². The van der Waals surface area contributed by atoms with Crippen LogP contribution in [0.15, 0.2) is 18.7 Å². The number of fused-ring (bicyclic) bond motifs is 1. The Hall–Kier alpha value is -1.36. The molecule has 0 radical (unpaired) electrons. The van der Waals surface area contributed by atoms with Crippen LogP contribution < -0.4 is 4.90 Å². The molecule has 5 nitrogen and oxygen atoms in total. The van der Waals surface area contributed by atoms with Crippen molar-refractivity contribution in [2.75, 3.05) is 17.3 Å². The lowest BCUT2D eigenvalue weighted by Gasteiger charge is -2.27. The van der Waals surface area contributed by atoms with Crippen LogP contribution in [0, 0.1) is 0 Å². The van der Waals surface area contributed by atoms with E-state index in [-0.39, 0.29) is 0 Å². The van der Waals surface area contributed by atoms with E-state index in [9.17, 15) is 0 Å². The van der Waals surface area contributed by atoms with Crippen molar-refractivity contribution in [3.8, 4) is 0 Å². The van der Waals surface area contributed by atoms with Crippen LogP contribution in [0.4, 0.5) is 5.82 Å². The highest BCUT2D eigenvalue weighted by atomic mass is 35.5. The van der Waals surface area contributed by atoms with Crippen LogP contribution in [-0.4, -0.2) is 38.0 Å². The van der Waals surface area contributed by atoms with Gasteiger partial charge in [0.2, 0.25) is 5.65 Å². The quantitative estimate of drug-likeness (QED) is 0.765. The van der Waals surface area contributed by atoms with Gasteiger partial charge in [0.05, 0.1) is 0 Å². The Kier molecular flexibility index (Phi) is 3.78. The summed E-state index contributed by atoms with van der Waals surface area (Å²) in [5.74, 6) is 1.52. The molecule has 2 heterocycles. The van der Waals surface area contributed by atoms with Crippen molar-refractivity contribution in [3.05, 3.63) is 18.7 Å². The number of halogens is 1. The number of anilines is 1. The fourth-order valence-electron chi connectivity index (χ4n) is 1.79. The predicted molar refractivity (Wildman–Crippen MR) is 68.6 cm³/mol. The van der Waals surface area contributed by atoms with Gasteiger partial charge in [-0.1, -0.05) is 0 Å². The minimum absolute atomic E-state index is 0.355. The van der Waals surface area contributed by atoms with Crippen molar-refractivity contribution in [1.82, 2.24) is 19.6 Å². The first-order valence-electron chi connectivity index (χ1n) is 5.71. The van der Waals surface area contributed by atoms with Crippen LogP contribution in [0.1, 0.15) is 20.3 Å². The number of aromatic nitrogens is 4. The summed E-state index contributed by atoms with van der Waals surface area (Å²) in [6.07, 6.45) is 6.22. The van der Waals surface area contributed by atoms with Crippen LogP contribution in [0.3, 0.4) is 0 Å². The highest BCUT2D eigenvalue weighted by molar-refractivity contribution is 6.17. The Balaban J connectivity index is 2.37. The number of hydrogen-bond acceptors (Lipinski definition) is 4.